The van der Waals surface area contributed by atoms with Crippen molar-refractivity contribution in [2.45, 2.75) is 23.8 Å². The largest absolute Gasteiger partial charge is 0.375 e. The van der Waals surface area contributed by atoms with E-state index in [1.54, 1.807) is 11.3 Å². The van der Waals surface area contributed by atoms with Gasteiger partial charge in [0.15, 0.2) is 0 Å². The second kappa shape index (κ2) is 8.40. The van der Waals surface area contributed by atoms with Crippen molar-refractivity contribution >= 4 is 40.6 Å². The molecule has 7 heteroatoms. The number of likely N-dealkylation sites (tertiary alicyclic amines) is 1. The molecule has 5 nitrogen and oxygen atoms in total. The molecular formula is C18H21N3O2S2. The number of thiophene rings is 1. The molecular weight excluding hydrogens is 354 g/mol. The molecule has 3 rings (SSSR count). The molecule has 1 aliphatic rings. The van der Waals surface area contributed by atoms with Crippen LogP contribution >= 0.6 is 23.1 Å². The van der Waals surface area contributed by atoms with Crippen LogP contribution in [0.5, 0.6) is 0 Å². The van der Waals surface area contributed by atoms with Gasteiger partial charge in [0.2, 0.25) is 11.8 Å². The van der Waals surface area contributed by atoms with Gasteiger partial charge in [-0.1, -0.05) is 18.2 Å². The molecule has 1 saturated heterocycles. The molecule has 25 heavy (non-hydrogen) atoms. The fourth-order valence-corrected chi connectivity index (χ4v) is 4.64. The lowest BCUT2D eigenvalue weighted by atomic mass is 10.2. The molecule has 2 heterocycles. The van der Waals surface area contributed by atoms with E-state index >= 15 is 0 Å². The van der Waals surface area contributed by atoms with Gasteiger partial charge in [0.25, 0.3) is 0 Å². The van der Waals surface area contributed by atoms with Gasteiger partial charge < -0.3 is 16.0 Å². The number of thioether (sulfide) groups is 1. The normalized spacial score (nSPS) is 16.8. The lowest BCUT2D eigenvalue weighted by Gasteiger charge is -2.24. The molecule has 3 N–H and O–H groups in total. The monoisotopic (exact) mass is 375 g/mol. The Morgan fingerprint density at radius 3 is 2.88 bits per heavy atom. The molecule has 0 bridgehead atoms. The minimum Gasteiger partial charge on any atom is -0.375 e. The molecule has 1 aliphatic heterocycles. The highest BCUT2D eigenvalue weighted by molar-refractivity contribution is 8.00. The van der Waals surface area contributed by atoms with E-state index in [0.717, 1.165) is 30.0 Å². The van der Waals surface area contributed by atoms with Crippen LogP contribution in [0.1, 0.15) is 23.8 Å². The second-order valence-corrected chi connectivity index (χ2v) is 7.86. The summed E-state index contributed by atoms with van der Waals surface area (Å²) < 4.78 is 0. The zero-order valence-corrected chi connectivity index (χ0v) is 15.4. The van der Waals surface area contributed by atoms with Crippen molar-refractivity contribution < 1.29 is 9.59 Å². The molecule has 2 amide bonds. The number of nitrogens with two attached hydrogens (primary N) is 1. The van der Waals surface area contributed by atoms with Gasteiger partial charge >= 0.3 is 0 Å². The molecule has 1 aromatic heterocycles. The summed E-state index contributed by atoms with van der Waals surface area (Å²) in [4.78, 5) is 27.8. The van der Waals surface area contributed by atoms with Crippen LogP contribution < -0.4 is 11.1 Å². The predicted octanol–water partition coefficient (Wildman–Crippen LogP) is 3.10. The van der Waals surface area contributed by atoms with Crippen LogP contribution in [0.4, 0.5) is 5.69 Å². The Morgan fingerprint density at radius 2 is 2.12 bits per heavy atom. The number of para-hydroxylation sites is 1. The van der Waals surface area contributed by atoms with E-state index in [4.69, 9.17) is 5.73 Å². The summed E-state index contributed by atoms with van der Waals surface area (Å²) in [5, 5.41) is 5.28. The number of hydrogen-bond donors (Lipinski definition) is 2. The Bertz CT molecular complexity index is 734. The quantitative estimate of drug-likeness (QED) is 0.729. The third-order valence-electron chi connectivity index (χ3n) is 4.13. The third-order valence-corrected chi connectivity index (χ3v) is 6.20. The summed E-state index contributed by atoms with van der Waals surface area (Å²) >= 11 is 3.08. The van der Waals surface area contributed by atoms with Crippen LogP contribution in [-0.2, 0) is 9.59 Å². The van der Waals surface area contributed by atoms with E-state index < -0.39 is 0 Å². The molecule has 1 unspecified atom stereocenters. The second-order valence-electron chi connectivity index (χ2n) is 5.87. The Labute approximate surface area is 155 Å². The fraction of sp³-hybridized carbons (Fsp3) is 0.333. The Morgan fingerprint density at radius 1 is 1.28 bits per heavy atom. The third kappa shape index (κ3) is 4.55. The molecule has 1 fully saturated rings. The standard InChI is InChI=1S/C18H21N3O2S2/c19-17(22)12-25-15-7-2-1-5-13(15)20-11-18(23)21-9-3-6-14(21)16-8-4-10-24-16/h1-2,4-5,7-8,10,14,20H,3,6,9,11-12H2,(H2,19,22). The van der Waals surface area contributed by atoms with Gasteiger partial charge in [-0.15, -0.1) is 23.1 Å². The number of benzene rings is 1. The first-order chi connectivity index (χ1) is 12.1. The summed E-state index contributed by atoms with van der Waals surface area (Å²) in [6, 6.07) is 12.0. The van der Waals surface area contributed by atoms with Crippen molar-refractivity contribution in [3.05, 3.63) is 46.7 Å². The number of carbonyl (C=O) groups is 2. The summed E-state index contributed by atoms with van der Waals surface area (Å²) in [5.41, 5.74) is 6.07. The molecule has 1 aromatic carbocycles. The van der Waals surface area contributed by atoms with Crippen LogP contribution in [0.15, 0.2) is 46.7 Å². The Balaban J connectivity index is 1.61. The minimum atomic E-state index is -0.355. The first-order valence-electron chi connectivity index (χ1n) is 8.22. The Kier molecular flexibility index (Phi) is 5.99. The van der Waals surface area contributed by atoms with Crippen LogP contribution in [0.25, 0.3) is 0 Å². The number of amides is 2. The van der Waals surface area contributed by atoms with E-state index in [9.17, 15) is 9.59 Å². The van der Waals surface area contributed by atoms with Gasteiger partial charge in [-0.3, -0.25) is 9.59 Å². The number of primary amides is 1. The van der Waals surface area contributed by atoms with Crippen molar-refractivity contribution in [1.82, 2.24) is 4.90 Å². The zero-order chi connectivity index (χ0) is 17.6. The topological polar surface area (TPSA) is 75.4 Å². The maximum absolute atomic E-state index is 12.7. The van der Waals surface area contributed by atoms with E-state index in [0.29, 0.717) is 0 Å². The molecule has 0 spiro atoms. The van der Waals surface area contributed by atoms with Gasteiger partial charge in [-0.05, 0) is 36.4 Å². The van der Waals surface area contributed by atoms with Gasteiger partial charge in [0.1, 0.15) is 0 Å². The molecule has 0 radical (unpaired) electrons. The highest BCUT2D eigenvalue weighted by Crippen LogP contribution is 2.34. The number of carbonyl (C=O) groups excluding carboxylic acids is 2. The van der Waals surface area contributed by atoms with E-state index in [2.05, 4.69) is 16.8 Å². The van der Waals surface area contributed by atoms with Gasteiger partial charge in [0.05, 0.1) is 18.3 Å². The molecule has 2 aromatic rings. The van der Waals surface area contributed by atoms with E-state index in [-0.39, 0.29) is 30.2 Å². The summed E-state index contributed by atoms with van der Waals surface area (Å²) in [6.07, 6.45) is 2.07. The van der Waals surface area contributed by atoms with Crippen molar-refractivity contribution in [2.24, 2.45) is 5.73 Å². The Hall–Kier alpha value is -1.99. The minimum absolute atomic E-state index is 0.102. The van der Waals surface area contributed by atoms with E-state index in [1.807, 2.05) is 35.2 Å². The molecule has 0 saturated carbocycles. The highest BCUT2D eigenvalue weighted by atomic mass is 32.2. The number of hydrogen-bond acceptors (Lipinski definition) is 5. The van der Waals surface area contributed by atoms with Crippen molar-refractivity contribution in [2.75, 3.05) is 24.2 Å². The average molecular weight is 376 g/mol. The highest BCUT2D eigenvalue weighted by Gasteiger charge is 2.30. The lowest BCUT2D eigenvalue weighted by molar-refractivity contribution is -0.130. The smallest absolute Gasteiger partial charge is 0.242 e. The summed E-state index contributed by atoms with van der Waals surface area (Å²) in [6.45, 7) is 1.05. The van der Waals surface area contributed by atoms with E-state index in [1.165, 1.54) is 16.6 Å². The number of rotatable bonds is 7. The van der Waals surface area contributed by atoms with Crippen LogP contribution in [0, 0.1) is 0 Å². The predicted molar refractivity (Wildman–Crippen MR) is 103 cm³/mol. The maximum Gasteiger partial charge on any atom is 0.242 e. The van der Waals surface area contributed by atoms with Crippen molar-refractivity contribution in [3.8, 4) is 0 Å². The van der Waals surface area contributed by atoms with Crippen LogP contribution in [-0.4, -0.2) is 35.6 Å². The number of anilines is 1. The first kappa shape index (κ1) is 17.8. The zero-order valence-electron chi connectivity index (χ0n) is 13.8. The van der Waals surface area contributed by atoms with Crippen molar-refractivity contribution in [1.29, 1.82) is 0 Å². The molecule has 132 valence electrons. The molecule has 1 atom stereocenters. The molecule has 0 aliphatic carbocycles. The van der Waals surface area contributed by atoms with Crippen LogP contribution in [0.2, 0.25) is 0 Å². The number of nitrogens with one attached hydrogen (secondary N) is 1. The van der Waals surface area contributed by atoms with Gasteiger partial charge in [-0.25, -0.2) is 0 Å². The van der Waals surface area contributed by atoms with Crippen LogP contribution in [0.3, 0.4) is 0 Å². The van der Waals surface area contributed by atoms with Gasteiger partial charge in [-0.2, -0.15) is 0 Å². The first-order valence-corrected chi connectivity index (χ1v) is 10.1. The summed E-state index contributed by atoms with van der Waals surface area (Å²) in [5.74, 6) is -0.0310. The van der Waals surface area contributed by atoms with Gasteiger partial charge in [0, 0.05) is 22.0 Å². The SMILES string of the molecule is NC(=O)CSc1ccccc1NCC(=O)N1CCCC1c1cccs1. The fourth-order valence-electron chi connectivity index (χ4n) is 3.00. The summed E-state index contributed by atoms with van der Waals surface area (Å²) in [7, 11) is 0. The average Bonchev–Trinajstić information content (AvgIpc) is 3.29. The van der Waals surface area contributed by atoms with Crippen molar-refractivity contribution in [3.63, 3.8) is 0 Å². The lowest BCUT2D eigenvalue weighted by Crippen LogP contribution is -2.34. The maximum atomic E-state index is 12.7. The number of nitrogens with zero attached hydrogens (tertiary/aromatic N) is 1.